The number of hydrogen-bond donors (Lipinski definition) is 1. The Bertz CT molecular complexity index is 467. The Kier molecular flexibility index (Phi) is 10.2. The number of nitrogens with zero attached hydrogens (tertiary/aromatic N) is 2. The van der Waals surface area contributed by atoms with Crippen LogP contribution in [0.3, 0.4) is 0 Å². The summed E-state index contributed by atoms with van der Waals surface area (Å²) < 4.78 is 10.5. The lowest BCUT2D eigenvalue weighted by Gasteiger charge is -2.31. The fraction of sp³-hybridized carbons (Fsp3) is 0.895. The average Bonchev–Trinajstić information content (AvgIpc) is 3.23. The van der Waals surface area contributed by atoms with E-state index in [4.69, 9.17) is 9.47 Å². The van der Waals surface area contributed by atoms with Gasteiger partial charge in [-0.1, -0.05) is 19.8 Å². The van der Waals surface area contributed by atoms with Crippen LogP contribution in [0.4, 0.5) is 0 Å². The first kappa shape index (κ1) is 23.5. The van der Waals surface area contributed by atoms with Crippen LogP contribution in [-0.2, 0) is 14.3 Å². The van der Waals surface area contributed by atoms with Crippen LogP contribution in [0.25, 0.3) is 0 Å². The largest absolute Gasteiger partial charge is 0.469 e. The van der Waals surface area contributed by atoms with Crippen molar-refractivity contribution < 1.29 is 14.3 Å². The van der Waals surface area contributed by atoms with E-state index in [1.165, 1.54) is 32.8 Å². The SMILES string of the molecule is CCOCCC1(CNC(=NC)N2CC(C)C(C(=O)OC)C2)CCCC1.I. The molecule has 1 aliphatic heterocycles. The van der Waals surface area contributed by atoms with Gasteiger partial charge in [-0.05, 0) is 37.5 Å². The van der Waals surface area contributed by atoms with E-state index in [0.717, 1.165) is 38.7 Å². The molecule has 0 aromatic heterocycles. The number of halogens is 1. The van der Waals surface area contributed by atoms with Gasteiger partial charge in [-0.25, -0.2) is 0 Å². The predicted molar refractivity (Wildman–Crippen MR) is 115 cm³/mol. The second kappa shape index (κ2) is 11.3. The van der Waals surface area contributed by atoms with Gasteiger partial charge in [-0.3, -0.25) is 9.79 Å². The Labute approximate surface area is 175 Å². The first-order valence-electron chi connectivity index (χ1n) is 9.66. The van der Waals surface area contributed by atoms with Gasteiger partial charge in [0, 0.05) is 39.9 Å². The Morgan fingerprint density at radius 3 is 2.58 bits per heavy atom. The highest BCUT2D eigenvalue weighted by atomic mass is 127. The molecule has 2 rings (SSSR count). The average molecular weight is 481 g/mol. The number of carbonyl (C=O) groups is 1. The third-order valence-corrected chi connectivity index (χ3v) is 5.89. The normalized spacial score (nSPS) is 25.1. The van der Waals surface area contributed by atoms with Crippen LogP contribution in [0.1, 0.15) is 46.0 Å². The van der Waals surface area contributed by atoms with Crippen molar-refractivity contribution in [2.45, 2.75) is 46.0 Å². The van der Waals surface area contributed by atoms with Crippen molar-refractivity contribution in [3.05, 3.63) is 0 Å². The van der Waals surface area contributed by atoms with Crippen LogP contribution in [-0.4, -0.2) is 63.8 Å². The molecule has 152 valence electrons. The molecule has 1 heterocycles. The van der Waals surface area contributed by atoms with Crippen molar-refractivity contribution in [3.63, 3.8) is 0 Å². The molecule has 6 nitrogen and oxygen atoms in total. The molecule has 0 amide bonds. The molecule has 2 unspecified atom stereocenters. The summed E-state index contributed by atoms with van der Waals surface area (Å²) in [6, 6.07) is 0. The van der Waals surface area contributed by atoms with Crippen LogP contribution in [0.5, 0.6) is 0 Å². The number of aliphatic imine (C=N–C) groups is 1. The quantitative estimate of drug-likeness (QED) is 0.199. The van der Waals surface area contributed by atoms with Gasteiger partial charge in [0.25, 0.3) is 0 Å². The zero-order chi connectivity index (χ0) is 18.3. The Morgan fingerprint density at radius 1 is 1.31 bits per heavy atom. The molecule has 7 heteroatoms. The van der Waals surface area contributed by atoms with Gasteiger partial charge in [-0.15, -0.1) is 24.0 Å². The molecule has 0 spiro atoms. The van der Waals surface area contributed by atoms with Crippen molar-refractivity contribution in [2.24, 2.45) is 22.2 Å². The maximum Gasteiger partial charge on any atom is 0.310 e. The van der Waals surface area contributed by atoms with E-state index in [0.29, 0.717) is 12.0 Å². The van der Waals surface area contributed by atoms with Gasteiger partial charge < -0.3 is 19.7 Å². The number of rotatable bonds is 7. The van der Waals surface area contributed by atoms with Gasteiger partial charge in [-0.2, -0.15) is 0 Å². The first-order chi connectivity index (χ1) is 12.0. The molecule has 0 aromatic carbocycles. The summed E-state index contributed by atoms with van der Waals surface area (Å²) in [5, 5.41) is 3.59. The van der Waals surface area contributed by atoms with Crippen LogP contribution >= 0.6 is 24.0 Å². The van der Waals surface area contributed by atoms with E-state index < -0.39 is 0 Å². The Hall–Kier alpha value is -0.570. The molecular formula is C19H36IN3O3. The second-order valence-corrected chi connectivity index (χ2v) is 7.57. The fourth-order valence-electron chi connectivity index (χ4n) is 4.27. The van der Waals surface area contributed by atoms with E-state index >= 15 is 0 Å². The van der Waals surface area contributed by atoms with Crippen molar-refractivity contribution in [2.75, 3.05) is 47.0 Å². The molecule has 1 N–H and O–H groups in total. The monoisotopic (exact) mass is 481 g/mol. The summed E-state index contributed by atoms with van der Waals surface area (Å²) in [4.78, 5) is 18.6. The molecule has 0 aromatic rings. The lowest BCUT2D eigenvalue weighted by Crippen LogP contribution is -2.45. The number of ether oxygens (including phenoxy) is 2. The van der Waals surface area contributed by atoms with Crippen LogP contribution in [0.2, 0.25) is 0 Å². The summed E-state index contributed by atoms with van der Waals surface area (Å²) >= 11 is 0. The summed E-state index contributed by atoms with van der Waals surface area (Å²) in [6.45, 7) is 8.22. The minimum atomic E-state index is -0.116. The van der Waals surface area contributed by atoms with Gasteiger partial charge in [0.1, 0.15) is 0 Å². The Morgan fingerprint density at radius 2 is 2.00 bits per heavy atom. The highest BCUT2D eigenvalue weighted by molar-refractivity contribution is 14.0. The molecule has 2 fully saturated rings. The van der Waals surface area contributed by atoms with Crippen LogP contribution in [0, 0.1) is 17.3 Å². The predicted octanol–water partition coefficient (Wildman–Crippen LogP) is 2.91. The maximum absolute atomic E-state index is 11.9. The molecule has 26 heavy (non-hydrogen) atoms. The smallest absolute Gasteiger partial charge is 0.310 e. The third kappa shape index (κ3) is 5.97. The van der Waals surface area contributed by atoms with Crippen LogP contribution in [0.15, 0.2) is 4.99 Å². The summed E-state index contributed by atoms with van der Waals surface area (Å²) in [6.07, 6.45) is 6.22. The number of hydrogen-bond acceptors (Lipinski definition) is 4. The van der Waals surface area contributed by atoms with Gasteiger partial charge in [0.2, 0.25) is 0 Å². The molecule has 2 atom stereocenters. The molecule has 0 bridgehead atoms. The minimum Gasteiger partial charge on any atom is -0.469 e. The molecular weight excluding hydrogens is 445 g/mol. The molecule has 0 radical (unpaired) electrons. The lowest BCUT2D eigenvalue weighted by molar-refractivity contribution is -0.145. The lowest BCUT2D eigenvalue weighted by atomic mass is 9.83. The topological polar surface area (TPSA) is 63.2 Å². The number of nitrogens with one attached hydrogen (secondary N) is 1. The number of esters is 1. The molecule has 2 aliphatic rings. The molecule has 1 saturated carbocycles. The number of carbonyl (C=O) groups excluding carboxylic acids is 1. The van der Waals surface area contributed by atoms with E-state index in [9.17, 15) is 4.79 Å². The number of guanidine groups is 1. The zero-order valence-corrected chi connectivity index (χ0v) is 19.1. The van der Waals surface area contributed by atoms with Crippen molar-refractivity contribution in [1.82, 2.24) is 10.2 Å². The van der Waals surface area contributed by atoms with E-state index in [2.05, 4.69) is 22.1 Å². The van der Waals surface area contributed by atoms with Crippen LogP contribution < -0.4 is 5.32 Å². The van der Waals surface area contributed by atoms with Gasteiger partial charge >= 0.3 is 5.97 Å². The number of likely N-dealkylation sites (tertiary alicyclic amines) is 1. The van der Waals surface area contributed by atoms with Crippen molar-refractivity contribution >= 4 is 35.9 Å². The highest BCUT2D eigenvalue weighted by Crippen LogP contribution is 2.40. The first-order valence-corrected chi connectivity index (χ1v) is 9.66. The van der Waals surface area contributed by atoms with E-state index in [1.54, 1.807) is 0 Å². The second-order valence-electron chi connectivity index (χ2n) is 7.57. The molecule has 1 saturated heterocycles. The Balaban J connectivity index is 0.00000338. The highest BCUT2D eigenvalue weighted by Gasteiger charge is 2.38. The third-order valence-electron chi connectivity index (χ3n) is 5.89. The maximum atomic E-state index is 11.9. The summed E-state index contributed by atoms with van der Waals surface area (Å²) in [5.74, 6) is 1.00. The summed E-state index contributed by atoms with van der Waals surface area (Å²) in [7, 11) is 3.28. The standard InChI is InChI=1S/C19H35N3O3.HI/c1-5-25-11-10-19(8-6-7-9-19)14-21-18(20-3)22-12-15(2)16(13-22)17(23)24-4;/h15-16H,5-14H2,1-4H3,(H,20,21);1H. The van der Waals surface area contributed by atoms with E-state index in [1.807, 2.05) is 14.0 Å². The van der Waals surface area contributed by atoms with E-state index in [-0.39, 0.29) is 41.8 Å². The summed E-state index contributed by atoms with van der Waals surface area (Å²) in [5.41, 5.74) is 0.318. The fourth-order valence-corrected chi connectivity index (χ4v) is 4.27. The number of methoxy groups -OCH3 is 1. The van der Waals surface area contributed by atoms with Crippen molar-refractivity contribution in [3.8, 4) is 0 Å². The van der Waals surface area contributed by atoms with Crippen molar-refractivity contribution in [1.29, 1.82) is 0 Å². The zero-order valence-electron chi connectivity index (χ0n) is 16.8. The van der Waals surface area contributed by atoms with Gasteiger partial charge in [0.15, 0.2) is 5.96 Å². The van der Waals surface area contributed by atoms with Gasteiger partial charge in [0.05, 0.1) is 13.0 Å². The molecule has 1 aliphatic carbocycles. The minimum absolute atomic E-state index is 0.